The second-order valence-corrected chi connectivity index (χ2v) is 3.11. The summed E-state index contributed by atoms with van der Waals surface area (Å²) in [6, 6.07) is 9.82. The Morgan fingerprint density at radius 3 is 2.60 bits per heavy atom. The maximum absolute atomic E-state index is 10.9. The molecule has 0 spiro atoms. The minimum absolute atomic E-state index is 0.0997. The fraction of sp³-hybridized carbons (Fsp3) is 0. The van der Waals surface area contributed by atoms with Crippen LogP contribution in [0, 0.1) is 4.91 Å². The molecule has 0 radical (unpaired) electrons. The molecular formula is C11H7NO3. The van der Waals surface area contributed by atoms with Gasteiger partial charge in [0.05, 0.1) is 5.56 Å². The Bertz CT molecular complexity index is 549. The van der Waals surface area contributed by atoms with Gasteiger partial charge in [-0.1, -0.05) is 24.3 Å². The predicted octanol–water partition coefficient (Wildman–Crippen LogP) is 2.94. The van der Waals surface area contributed by atoms with Gasteiger partial charge in [0.1, 0.15) is 5.69 Å². The third kappa shape index (κ3) is 1.57. The average molecular weight is 201 g/mol. The van der Waals surface area contributed by atoms with E-state index in [1.54, 1.807) is 30.3 Å². The highest BCUT2D eigenvalue weighted by Gasteiger charge is 2.10. The van der Waals surface area contributed by atoms with Crippen LogP contribution in [0.25, 0.3) is 10.8 Å². The molecule has 0 heterocycles. The first-order valence-corrected chi connectivity index (χ1v) is 4.32. The number of carboxylic acid groups (broad SMARTS) is 1. The number of fused-ring (bicyclic) bond motifs is 1. The number of rotatable bonds is 2. The van der Waals surface area contributed by atoms with E-state index in [2.05, 4.69) is 5.18 Å². The van der Waals surface area contributed by atoms with Crippen LogP contribution < -0.4 is 0 Å². The van der Waals surface area contributed by atoms with Gasteiger partial charge < -0.3 is 5.11 Å². The highest BCUT2D eigenvalue weighted by Crippen LogP contribution is 2.25. The molecule has 2 rings (SSSR count). The zero-order valence-electron chi connectivity index (χ0n) is 7.68. The molecule has 0 aliphatic heterocycles. The summed E-state index contributed by atoms with van der Waals surface area (Å²) in [4.78, 5) is 21.3. The molecule has 0 unspecified atom stereocenters. The molecule has 74 valence electrons. The highest BCUT2D eigenvalue weighted by atomic mass is 16.4. The lowest BCUT2D eigenvalue weighted by Gasteiger charge is -2.02. The van der Waals surface area contributed by atoms with Crippen LogP contribution in [0.3, 0.4) is 0 Å². The second-order valence-electron chi connectivity index (χ2n) is 3.11. The Hall–Kier alpha value is -2.23. The molecule has 15 heavy (non-hydrogen) atoms. The maximum Gasteiger partial charge on any atom is 0.336 e. The lowest BCUT2D eigenvalue weighted by Crippen LogP contribution is -1.96. The van der Waals surface area contributed by atoms with Crippen LogP contribution in [0.1, 0.15) is 10.4 Å². The quantitative estimate of drug-likeness (QED) is 0.759. The third-order valence-electron chi connectivity index (χ3n) is 2.18. The minimum Gasteiger partial charge on any atom is -0.478 e. The van der Waals surface area contributed by atoms with Crippen molar-refractivity contribution in [3.05, 3.63) is 46.9 Å². The van der Waals surface area contributed by atoms with Crippen molar-refractivity contribution in [3.8, 4) is 0 Å². The Kier molecular flexibility index (Phi) is 2.17. The molecule has 0 fully saturated rings. The molecule has 0 atom stereocenters. The third-order valence-corrected chi connectivity index (χ3v) is 2.18. The van der Waals surface area contributed by atoms with Gasteiger partial charge in [0.25, 0.3) is 0 Å². The van der Waals surface area contributed by atoms with E-state index in [9.17, 15) is 9.70 Å². The van der Waals surface area contributed by atoms with Gasteiger partial charge in [-0.25, -0.2) is 4.79 Å². The summed E-state index contributed by atoms with van der Waals surface area (Å²) in [5, 5.41) is 13.0. The summed E-state index contributed by atoms with van der Waals surface area (Å²) in [5.41, 5.74) is 0.230. The van der Waals surface area contributed by atoms with Crippen molar-refractivity contribution < 1.29 is 9.90 Å². The standard InChI is InChI=1S/C11H7NO3/c13-11(14)10-6-8(12-15)5-7-3-1-2-4-9(7)10/h1-6H,(H,13,14). The molecule has 0 aromatic heterocycles. The molecule has 4 heteroatoms. The number of hydrogen-bond donors (Lipinski definition) is 1. The SMILES string of the molecule is O=Nc1cc(C(=O)O)c2ccccc2c1. The van der Waals surface area contributed by atoms with Crippen LogP contribution in [0.4, 0.5) is 5.69 Å². The van der Waals surface area contributed by atoms with Gasteiger partial charge in [-0.15, -0.1) is 4.91 Å². The number of nitroso groups, excluding NO2 is 1. The van der Waals surface area contributed by atoms with Crippen molar-refractivity contribution in [2.45, 2.75) is 0 Å². The average Bonchev–Trinajstić information content (AvgIpc) is 2.27. The molecule has 4 nitrogen and oxygen atoms in total. The summed E-state index contributed by atoms with van der Waals surface area (Å²) >= 11 is 0. The highest BCUT2D eigenvalue weighted by molar-refractivity contribution is 6.05. The Balaban J connectivity index is 2.86. The minimum atomic E-state index is -1.06. The van der Waals surface area contributed by atoms with Gasteiger partial charge in [-0.2, -0.15) is 0 Å². The second kappa shape index (κ2) is 3.49. The number of benzene rings is 2. The zero-order chi connectivity index (χ0) is 10.8. The number of nitrogens with zero attached hydrogens (tertiary/aromatic N) is 1. The number of carbonyl (C=O) groups is 1. The fourth-order valence-corrected chi connectivity index (χ4v) is 1.52. The van der Waals surface area contributed by atoms with Gasteiger partial charge in [-0.05, 0) is 28.1 Å². The summed E-state index contributed by atoms with van der Waals surface area (Å²) in [5.74, 6) is -1.06. The van der Waals surface area contributed by atoms with E-state index < -0.39 is 5.97 Å². The van der Waals surface area contributed by atoms with Crippen molar-refractivity contribution >= 4 is 22.4 Å². The van der Waals surface area contributed by atoms with Gasteiger partial charge in [0.15, 0.2) is 0 Å². The van der Waals surface area contributed by atoms with Crippen molar-refractivity contribution in [3.63, 3.8) is 0 Å². The fourth-order valence-electron chi connectivity index (χ4n) is 1.52. The summed E-state index contributed by atoms with van der Waals surface area (Å²) < 4.78 is 0. The molecule has 0 bridgehead atoms. The molecule has 0 aliphatic rings. The van der Waals surface area contributed by atoms with E-state index in [1.165, 1.54) is 6.07 Å². The van der Waals surface area contributed by atoms with Crippen LogP contribution in [0.2, 0.25) is 0 Å². The van der Waals surface area contributed by atoms with E-state index in [-0.39, 0.29) is 11.3 Å². The van der Waals surface area contributed by atoms with Crippen molar-refractivity contribution in [2.75, 3.05) is 0 Å². The lowest BCUT2D eigenvalue weighted by atomic mass is 10.0. The largest absolute Gasteiger partial charge is 0.478 e. The first-order valence-electron chi connectivity index (χ1n) is 4.32. The number of carboxylic acids is 1. The molecule has 0 saturated carbocycles. The van der Waals surface area contributed by atoms with Crippen molar-refractivity contribution in [1.29, 1.82) is 0 Å². The van der Waals surface area contributed by atoms with Crippen molar-refractivity contribution in [2.24, 2.45) is 5.18 Å². The Labute approximate surface area is 85.1 Å². The summed E-state index contributed by atoms with van der Waals surface area (Å²) in [6.07, 6.45) is 0. The molecule has 0 saturated heterocycles. The zero-order valence-corrected chi connectivity index (χ0v) is 7.68. The molecule has 1 N–H and O–H groups in total. The van der Waals surface area contributed by atoms with Gasteiger partial charge >= 0.3 is 5.97 Å². The molecule has 2 aromatic rings. The topological polar surface area (TPSA) is 66.7 Å². The lowest BCUT2D eigenvalue weighted by molar-refractivity contribution is 0.0699. The summed E-state index contributed by atoms with van der Waals surface area (Å²) in [6.45, 7) is 0. The molecule has 2 aromatic carbocycles. The van der Waals surface area contributed by atoms with Crippen LogP contribution in [0.15, 0.2) is 41.6 Å². The molecular weight excluding hydrogens is 194 g/mol. The normalized spacial score (nSPS) is 10.1. The van der Waals surface area contributed by atoms with Crippen LogP contribution in [-0.4, -0.2) is 11.1 Å². The summed E-state index contributed by atoms with van der Waals surface area (Å²) in [7, 11) is 0. The maximum atomic E-state index is 10.9. The first-order chi connectivity index (χ1) is 7.22. The van der Waals surface area contributed by atoms with Gasteiger partial charge in [-0.3, -0.25) is 0 Å². The van der Waals surface area contributed by atoms with E-state index in [0.29, 0.717) is 10.8 Å². The monoisotopic (exact) mass is 201 g/mol. The van der Waals surface area contributed by atoms with Gasteiger partial charge in [0.2, 0.25) is 0 Å². The Morgan fingerprint density at radius 2 is 1.93 bits per heavy atom. The first kappa shape index (κ1) is 9.33. The van der Waals surface area contributed by atoms with E-state index >= 15 is 0 Å². The van der Waals surface area contributed by atoms with Crippen LogP contribution in [-0.2, 0) is 0 Å². The van der Waals surface area contributed by atoms with E-state index in [1.807, 2.05) is 0 Å². The molecule has 0 amide bonds. The smallest absolute Gasteiger partial charge is 0.336 e. The van der Waals surface area contributed by atoms with Crippen molar-refractivity contribution in [1.82, 2.24) is 0 Å². The predicted molar refractivity (Wildman–Crippen MR) is 56.4 cm³/mol. The number of hydrogen-bond acceptors (Lipinski definition) is 3. The number of aromatic carboxylic acids is 1. The van der Waals surface area contributed by atoms with Crippen LogP contribution in [0.5, 0.6) is 0 Å². The van der Waals surface area contributed by atoms with Crippen LogP contribution >= 0.6 is 0 Å². The van der Waals surface area contributed by atoms with E-state index in [4.69, 9.17) is 5.11 Å². The van der Waals surface area contributed by atoms with Gasteiger partial charge in [0, 0.05) is 0 Å². The van der Waals surface area contributed by atoms with E-state index in [0.717, 1.165) is 0 Å². The Morgan fingerprint density at radius 1 is 1.20 bits per heavy atom. The molecule has 0 aliphatic carbocycles.